The quantitative estimate of drug-likeness (QED) is 0.607. The summed E-state index contributed by atoms with van der Waals surface area (Å²) in [5, 5.41) is 0.885. The van der Waals surface area contributed by atoms with E-state index in [-0.39, 0.29) is 5.97 Å². The number of hydrogen-bond acceptors (Lipinski definition) is 3. The molecule has 0 amide bonds. The van der Waals surface area contributed by atoms with Crippen molar-refractivity contribution in [3.63, 3.8) is 0 Å². The van der Waals surface area contributed by atoms with Crippen molar-refractivity contribution in [2.75, 3.05) is 26.2 Å². The molecule has 1 aliphatic heterocycles. The Morgan fingerprint density at radius 1 is 1.10 bits per heavy atom. The van der Waals surface area contributed by atoms with Crippen molar-refractivity contribution in [1.29, 1.82) is 0 Å². The Kier molecular flexibility index (Phi) is 6.14. The Labute approximate surface area is 129 Å². The van der Waals surface area contributed by atoms with Crippen LogP contribution in [0.15, 0.2) is 18.2 Å². The van der Waals surface area contributed by atoms with Crippen LogP contribution in [0.4, 0.5) is 0 Å². The molecule has 0 radical (unpaired) electrons. The molecule has 0 N–H and O–H groups in total. The Hall–Kier alpha value is -0.770. The van der Waals surface area contributed by atoms with Crippen LogP contribution in [-0.2, 0) is 4.74 Å². The van der Waals surface area contributed by atoms with E-state index in [0.717, 1.165) is 26.1 Å². The van der Waals surface area contributed by atoms with Gasteiger partial charge in [-0.3, -0.25) is 0 Å². The van der Waals surface area contributed by atoms with Crippen molar-refractivity contribution in [3.8, 4) is 0 Å². The van der Waals surface area contributed by atoms with Gasteiger partial charge in [-0.05, 0) is 50.6 Å². The molecule has 1 fully saturated rings. The fourth-order valence-corrected chi connectivity index (χ4v) is 2.92. The van der Waals surface area contributed by atoms with Gasteiger partial charge in [-0.1, -0.05) is 29.6 Å². The number of carbonyl (C=O) groups excluding carboxylic acids is 1. The second kappa shape index (κ2) is 7.87. The van der Waals surface area contributed by atoms with Crippen LogP contribution < -0.4 is 0 Å². The maximum atomic E-state index is 11.8. The lowest BCUT2D eigenvalue weighted by Crippen LogP contribution is -2.31. The van der Waals surface area contributed by atoms with Gasteiger partial charge < -0.3 is 9.64 Å². The standard InChI is InChI=1S/C15H19Cl2NO2/c16-13-9-12(10-14(17)11-13)15(19)20-8-4-7-18-5-2-1-3-6-18/h9-11H,1-8H2. The van der Waals surface area contributed by atoms with Gasteiger partial charge in [0.05, 0.1) is 12.2 Å². The number of nitrogens with zero attached hydrogens (tertiary/aromatic N) is 1. The molecule has 0 spiro atoms. The summed E-state index contributed by atoms with van der Waals surface area (Å²) in [5.74, 6) is -0.368. The van der Waals surface area contributed by atoms with Crippen LogP contribution >= 0.6 is 23.2 Å². The molecular formula is C15H19Cl2NO2. The highest BCUT2D eigenvalue weighted by atomic mass is 35.5. The summed E-state index contributed by atoms with van der Waals surface area (Å²) in [4.78, 5) is 14.3. The van der Waals surface area contributed by atoms with Crippen LogP contribution in [0.5, 0.6) is 0 Å². The van der Waals surface area contributed by atoms with Crippen LogP contribution in [0.3, 0.4) is 0 Å². The largest absolute Gasteiger partial charge is 0.462 e. The average Bonchev–Trinajstić information content (AvgIpc) is 2.43. The summed E-state index contributed by atoms with van der Waals surface area (Å²) in [7, 11) is 0. The minimum absolute atomic E-state index is 0.368. The molecule has 1 aromatic rings. The number of carbonyl (C=O) groups is 1. The average molecular weight is 316 g/mol. The van der Waals surface area contributed by atoms with Crippen LogP contribution in [0.2, 0.25) is 10.0 Å². The molecule has 3 nitrogen and oxygen atoms in total. The topological polar surface area (TPSA) is 29.5 Å². The highest BCUT2D eigenvalue weighted by Gasteiger charge is 2.11. The number of hydrogen-bond donors (Lipinski definition) is 0. The normalized spacial score (nSPS) is 16.1. The molecule has 0 aromatic heterocycles. The molecule has 1 aliphatic rings. The van der Waals surface area contributed by atoms with Gasteiger partial charge in [-0.25, -0.2) is 4.79 Å². The minimum atomic E-state index is -0.368. The summed E-state index contributed by atoms with van der Waals surface area (Å²) < 4.78 is 5.25. The molecule has 1 heterocycles. The molecule has 20 heavy (non-hydrogen) atoms. The first-order chi connectivity index (χ1) is 9.65. The van der Waals surface area contributed by atoms with Crippen LogP contribution in [0.1, 0.15) is 36.0 Å². The third-order valence-electron chi connectivity index (χ3n) is 3.40. The highest BCUT2D eigenvalue weighted by Crippen LogP contribution is 2.19. The number of benzene rings is 1. The summed E-state index contributed by atoms with van der Waals surface area (Å²) in [6.07, 6.45) is 4.75. The van der Waals surface area contributed by atoms with Gasteiger partial charge in [0.15, 0.2) is 0 Å². The Morgan fingerprint density at radius 2 is 1.75 bits per heavy atom. The predicted octanol–water partition coefficient (Wildman–Crippen LogP) is 4.03. The molecule has 110 valence electrons. The van der Waals surface area contributed by atoms with Gasteiger partial charge in [-0.2, -0.15) is 0 Å². The minimum Gasteiger partial charge on any atom is -0.462 e. The summed E-state index contributed by atoms with van der Waals surface area (Å²) in [6.45, 7) is 3.75. The van der Waals surface area contributed by atoms with Crippen LogP contribution in [-0.4, -0.2) is 37.1 Å². The summed E-state index contributed by atoms with van der Waals surface area (Å²) in [6, 6.07) is 4.73. The first kappa shape index (κ1) is 15.6. The zero-order chi connectivity index (χ0) is 14.4. The fraction of sp³-hybridized carbons (Fsp3) is 0.533. The Balaban J connectivity index is 1.71. The maximum absolute atomic E-state index is 11.8. The summed E-state index contributed by atoms with van der Waals surface area (Å²) in [5.41, 5.74) is 0.403. The molecular weight excluding hydrogens is 297 g/mol. The predicted molar refractivity (Wildman–Crippen MR) is 81.7 cm³/mol. The first-order valence-corrected chi connectivity index (χ1v) is 7.76. The van der Waals surface area contributed by atoms with E-state index in [4.69, 9.17) is 27.9 Å². The molecule has 0 saturated carbocycles. The Bertz CT molecular complexity index is 439. The van der Waals surface area contributed by atoms with E-state index < -0.39 is 0 Å². The zero-order valence-corrected chi connectivity index (χ0v) is 12.9. The molecule has 0 bridgehead atoms. The molecule has 0 aliphatic carbocycles. The number of halogens is 2. The van der Waals surface area contributed by atoms with Crippen molar-refractivity contribution in [2.45, 2.75) is 25.7 Å². The third kappa shape index (κ3) is 4.97. The maximum Gasteiger partial charge on any atom is 0.338 e. The zero-order valence-electron chi connectivity index (χ0n) is 11.4. The molecule has 1 aromatic carbocycles. The van der Waals surface area contributed by atoms with Crippen molar-refractivity contribution in [3.05, 3.63) is 33.8 Å². The number of likely N-dealkylation sites (tertiary alicyclic amines) is 1. The number of esters is 1. The Morgan fingerprint density at radius 3 is 2.40 bits per heavy atom. The van der Waals surface area contributed by atoms with Gasteiger partial charge in [0.1, 0.15) is 0 Å². The van der Waals surface area contributed by atoms with Crippen molar-refractivity contribution < 1.29 is 9.53 Å². The van der Waals surface area contributed by atoms with Crippen molar-refractivity contribution in [2.24, 2.45) is 0 Å². The molecule has 5 heteroatoms. The second-order valence-electron chi connectivity index (χ2n) is 5.05. The van der Waals surface area contributed by atoms with Gasteiger partial charge in [-0.15, -0.1) is 0 Å². The van der Waals surface area contributed by atoms with Gasteiger partial charge in [0, 0.05) is 16.6 Å². The fourth-order valence-electron chi connectivity index (χ4n) is 2.39. The van der Waals surface area contributed by atoms with Crippen molar-refractivity contribution >= 4 is 29.2 Å². The van der Waals surface area contributed by atoms with E-state index in [1.807, 2.05) is 0 Å². The van der Waals surface area contributed by atoms with Gasteiger partial charge >= 0.3 is 5.97 Å². The van der Waals surface area contributed by atoms with E-state index in [9.17, 15) is 4.79 Å². The highest BCUT2D eigenvalue weighted by molar-refractivity contribution is 6.35. The van der Waals surface area contributed by atoms with E-state index in [1.165, 1.54) is 19.3 Å². The van der Waals surface area contributed by atoms with Crippen LogP contribution in [0, 0.1) is 0 Å². The van der Waals surface area contributed by atoms with Gasteiger partial charge in [0.25, 0.3) is 0 Å². The molecule has 2 rings (SSSR count). The lowest BCUT2D eigenvalue weighted by atomic mass is 10.1. The molecule has 0 unspecified atom stereocenters. The SMILES string of the molecule is O=C(OCCCN1CCCCC1)c1cc(Cl)cc(Cl)c1. The first-order valence-electron chi connectivity index (χ1n) is 7.01. The number of rotatable bonds is 5. The monoisotopic (exact) mass is 315 g/mol. The van der Waals surface area contributed by atoms with Gasteiger partial charge in [0.2, 0.25) is 0 Å². The van der Waals surface area contributed by atoms with Crippen molar-refractivity contribution in [1.82, 2.24) is 4.90 Å². The van der Waals surface area contributed by atoms with E-state index in [0.29, 0.717) is 22.2 Å². The smallest absolute Gasteiger partial charge is 0.338 e. The second-order valence-corrected chi connectivity index (χ2v) is 5.92. The van der Waals surface area contributed by atoms with Crippen LogP contribution in [0.25, 0.3) is 0 Å². The lowest BCUT2D eigenvalue weighted by Gasteiger charge is -2.26. The van der Waals surface area contributed by atoms with E-state index in [1.54, 1.807) is 18.2 Å². The molecule has 0 atom stereocenters. The third-order valence-corrected chi connectivity index (χ3v) is 3.84. The van der Waals surface area contributed by atoms with E-state index >= 15 is 0 Å². The molecule has 1 saturated heterocycles. The summed E-state index contributed by atoms with van der Waals surface area (Å²) >= 11 is 11.7. The number of ether oxygens (including phenoxy) is 1. The van der Waals surface area contributed by atoms with E-state index in [2.05, 4.69) is 4.90 Å². The lowest BCUT2D eigenvalue weighted by molar-refractivity contribution is 0.0485. The number of piperidine rings is 1.